The molecule has 0 fully saturated rings. The van der Waals surface area contributed by atoms with Crippen LogP contribution in [0.15, 0.2) is 24.3 Å². The fourth-order valence-corrected chi connectivity index (χ4v) is 4.05. The van der Waals surface area contributed by atoms with Crippen molar-refractivity contribution in [2.75, 3.05) is 40.9 Å². The number of allylic oxidation sites excluding steroid dienone is 3. The quantitative estimate of drug-likeness (QED) is 0.0693. The number of nitrogens with one attached hydrogen (secondary N) is 1. The highest BCUT2D eigenvalue weighted by atomic mass is 31.2. The minimum absolute atomic E-state index is 0.0583. The lowest BCUT2D eigenvalue weighted by molar-refractivity contribution is -0.870. The Labute approximate surface area is 220 Å². The van der Waals surface area contributed by atoms with Crippen molar-refractivity contribution in [3.63, 3.8) is 0 Å². The Morgan fingerprint density at radius 1 is 0.917 bits per heavy atom. The van der Waals surface area contributed by atoms with Gasteiger partial charge in [-0.25, -0.2) is 4.57 Å². The highest BCUT2D eigenvalue weighted by molar-refractivity contribution is 7.47. The first-order chi connectivity index (χ1) is 17.0. The second-order valence-electron chi connectivity index (χ2n) is 10.4. The molecule has 8 nitrogen and oxygen atoms in total. The average Bonchev–Trinajstić information content (AvgIpc) is 2.79. The van der Waals surface area contributed by atoms with E-state index in [-0.39, 0.29) is 19.1 Å². The predicted octanol–water partition coefficient (Wildman–Crippen LogP) is 5.51. The molecule has 0 aromatic carbocycles. The molecule has 0 aliphatic carbocycles. The number of phosphoric acid groups is 1. The number of hydrogen-bond donors (Lipinski definition) is 3. The molecule has 1 amide bonds. The maximum absolute atomic E-state index is 12.5. The monoisotopic (exact) mass is 533 g/mol. The maximum atomic E-state index is 12.5. The summed E-state index contributed by atoms with van der Waals surface area (Å²) in [5.41, 5.74) is 0. The van der Waals surface area contributed by atoms with Gasteiger partial charge in [0.15, 0.2) is 0 Å². The van der Waals surface area contributed by atoms with Gasteiger partial charge < -0.3 is 19.8 Å². The zero-order chi connectivity index (χ0) is 27.3. The van der Waals surface area contributed by atoms with Crippen molar-refractivity contribution in [1.82, 2.24) is 5.32 Å². The van der Waals surface area contributed by atoms with E-state index in [1.165, 1.54) is 12.8 Å². The van der Waals surface area contributed by atoms with Gasteiger partial charge in [-0.3, -0.25) is 13.8 Å². The first kappa shape index (κ1) is 35.0. The number of aliphatic hydroxyl groups is 1. The van der Waals surface area contributed by atoms with Gasteiger partial charge in [0, 0.05) is 6.42 Å². The van der Waals surface area contributed by atoms with Crippen LogP contribution in [0.4, 0.5) is 0 Å². The summed E-state index contributed by atoms with van der Waals surface area (Å²) in [6.07, 6.45) is 18.7. The van der Waals surface area contributed by atoms with Gasteiger partial charge in [0.1, 0.15) is 13.2 Å². The standard InChI is InChI=1S/C27H53N2O6P/c1-6-8-10-12-13-14-15-16-17-19-21-27(31)28-25(26(30)20-18-11-9-7-2)24-35-36(32,33)34-23-22-29(3,4)5/h10,12,18,20,25-26,30H,6-9,11,13-17,19,21-24H2,1-5H3,(H-,28,31,32,33)/p+1/b12-10-,20-18+. The van der Waals surface area contributed by atoms with Crippen LogP contribution in [0, 0.1) is 0 Å². The van der Waals surface area contributed by atoms with Crippen LogP contribution in [0.1, 0.15) is 90.9 Å². The lowest BCUT2D eigenvalue weighted by Crippen LogP contribution is -2.45. The third kappa shape index (κ3) is 22.2. The molecule has 3 N–H and O–H groups in total. The first-order valence-corrected chi connectivity index (χ1v) is 15.2. The SMILES string of the molecule is CCC/C=C\CCCCCCCC(=O)NC(COP(=O)(O)OCC[N+](C)(C)C)C(O)/C=C/CCCC. The Morgan fingerprint density at radius 2 is 1.56 bits per heavy atom. The van der Waals surface area contributed by atoms with Gasteiger partial charge in [-0.15, -0.1) is 0 Å². The molecule has 0 rings (SSSR count). The summed E-state index contributed by atoms with van der Waals surface area (Å²) in [7, 11) is 1.55. The minimum Gasteiger partial charge on any atom is -0.387 e. The van der Waals surface area contributed by atoms with Gasteiger partial charge in [-0.05, 0) is 32.1 Å². The van der Waals surface area contributed by atoms with Crippen molar-refractivity contribution in [2.24, 2.45) is 0 Å². The van der Waals surface area contributed by atoms with E-state index in [1.54, 1.807) is 6.08 Å². The van der Waals surface area contributed by atoms with Crippen molar-refractivity contribution in [1.29, 1.82) is 0 Å². The van der Waals surface area contributed by atoms with Crippen molar-refractivity contribution in [3.05, 3.63) is 24.3 Å². The number of amides is 1. The van der Waals surface area contributed by atoms with E-state index in [4.69, 9.17) is 9.05 Å². The van der Waals surface area contributed by atoms with E-state index < -0.39 is 20.0 Å². The molecule has 0 bridgehead atoms. The summed E-state index contributed by atoms with van der Waals surface area (Å²) >= 11 is 0. The fourth-order valence-electron chi connectivity index (χ4n) is 3.32. The number of aliphatic hydroxyl groups excluding tert-OH is 1. The van der Waals surface area contributed by atoms with Crippen LogP contribution < -0.4 is 5.32 Å². The number of likely N-dealkylation sites (N-methyl/N-ethyl adjacent to an activating group) is 1. The predicted molar refractivity (Wildman–Crippen MR) is 148 cm³/mol. The summed E-state index contributed by atoms with van der Waals surface area (Å²) in [5, 5.41) is 13.4. The molecule has 0 aromatic heterocycles. The summed E-state index contributed by atoms with van der Waals surface area (Å²) < 4.78 is 23.0. The Balaban J connectivity index is 4.59. The highest BCUT2D eigenvalue weighted by Crippen LogP contribution is 2.43. The number of carbonyl (C=O) groups is 1. The summed E-state index contributed by atoms with van der Waals surface area (Å²) in [6.45, 7) is 4.53. The summed E-state index contributed by atoms with van der Waals surface area (Å²) in [6, 6.07) is -0.840. The minimum atomic E-state index is -4.30. The van der Waals surface area contributed by atoms with Crippen LogP contribution in [0.2, 0.25) is 0 Å². The van der Waals surface area contributed by atoms with Crippen LogP contribution in [0.25, 0.3) is 0 Å². The van der Waals surface area contributed by atoms with E-state index in [2.05, 4.69) is 31.3 Å². The summed E-state index contributed by atoms with van der Waals surface area (Å²) in [4.78, 5) is 22.5. The van der Waals surface area contributed by atoms with Gasteiger partial charge in [0.2, 0.25) is 5.91 Å². The molecule has 3 unspecified atom stereocenters. The topological polar surface area (TPSA) is 105 Å². The average molecular weight is 534 g/mol. The third-order valence-electron chi connectivity index (χ3n) is 5.65. The molecule has 212 valence electrons. The van der Waals surface area contributed by atoms with Crippen LogP contribution in [0.3, 0.4) is 0 Å². The lowest BCUT2D eigenvalue weighted by Gasteiger charge is -2.25. The number of rotatable bonds is 23. The number of carbonyl (C=O) groups excluding carboxylic acids is 1. The molecular formula is C27H54N2O6P+. The molecule has 0 saturated carbocycles. The van der Waals surface area contributed by atoms with E-state index in [1.807, 2.05) is 27.2 Å². The largest absolute Gasteiger partial charge is 0.472 e. The zero-order valence-electron chi connectivity index (χ0n) is 23.5. The molecule has 3 atom stereocenters. The Kier molecular flexibility index (Phi) is 20.4. The van der Waals surface area contributed by atoms with Crippen molar-refractivity contribution >= 4 is 13.7 Å². The smallest absolute Gasteiger partial charge is 0.387 e. The van der Waals surface area contributed by atoms with Gasteiger partial charge >= 0.3 is 7.82 Å². The second kappa shape index (κ2) is 21.0. The Hall–Kier alpha value is -1.02. The van der Waals surface area contributed by atoms with E-state index in [0.29, 0.717) is 17.4 Å². The van der Waals surface area contributed by atoms with Crippen LogP contribution in [-0.2, 0) is 18.4 Å². The Bertz CT molecular complexity index is 663. The van der Waals surface area contributed by atoms with Gasteiger partial charge in [-0.2, -0.15) is 0 Å². The number of unbranched alkanes of at least 4 members (excludes halogenated alkanes) is 8. The van der Waals surface area contributed by atoms with Gasteiger partial charge in [0.05, 0.1) is 39.9 Å². The van der Waals surface area contributed by atoms with Crippen molar-refractivity contribution < 1.29 is 32.9 Å². The Morgan fingerprint density at radius 3 is 2.22 bits per heavy atom. The third-order valence-corrected chi connectivity index (χ3v) is 6.63. The van der Waals surface area contributed by atoms with Crippen LogP contribution in [0.5, 0.6) is 0 Å². The number of hydrogen-bond acceptors (Lipinski definition) is 5. The van der Waals surface area contributed by atoms with Crippen LogP contribution in [-0.4, -0.2) is 73.4 Å². The van der Waals surface area contributed by atoms with Gasteiger partial charge in [0.25, 0.3) is 0 Å². The molecule has 9 heteroatoms. The zero-order valence-corrected chi connectivity index (χ0v) is 24.4. The van der Waals surface area contributed by atoms with E-state index in [9.17, 15) is 19.4 Å². The molecule has 36 heavy (non-hydrogen) atoms. The summed E-state index contributed by atoms with van der Waals surface area (Å²) in [5.74, 6) is -0.203. The highest BCUT2D eigenvalue weighted by Gasteiger charge is 2.27. The maximum Gasteiger partial charge on any atom is 0.472 e. The molecule has 0 aromatic rings. The number of quaternary nitrogens is 1. The molecule has 0 heterocycles. The number of phosphoric ester groups is 1. The van der Waals surface area contributed by atoms with Crippen LogP contribution >= 0.6 is 7.82 Å². The number of nitrogens with zero attached hydrogens (tertiary/aromatic N) is 1. The molecule has 0 aliphatic rings. The molecule has 0 aliphatic heterocycles. The van der Waals surface area contributed by atoms with Crippen molar-refractivity contribution in [3.8, 4) is 0 Å². The van der Waals surface area contributed by atoms with Gasteiger partial charge in [-0.1, -0.05) is 76.7 Å². The molecule has 0 saturated heterocycles. The molecule has 0 radical (unpaired) electrons. The molecular weight excluding hydrogens is 479 g/mol. The first-order valence-electron chi connectivity index (χ1n) is 13.7. The molecule has 0 spiro atoms. The second-order valence-corrected chi connectivity index (χ2v) is 11.9. The van der Waals surface area contributed by atoms with E-state index in [0.717, 1.165) is 57.8 Å². The lowest BCUT2D eigenvalue weighted by atomic mass is 10.1. The fraction of sp³-hybridized carbons (Fsp3) is 0.815. The van der Waals surface area contributed by atoms with Crippen molar-refractivity contribution in [2.45, 2.75) is 103 Å². The normalized spacial score (nSPS) is 15.9. The van der Waals surface area contributed by atoms with E-state index >= 15 is 0 Å².